The molecule has 26 heavy (non-hydrogen) atoms. The second kappa shape index (κ2) is 6.55. The molecule has 1 aliphatic rings. The highest BCUT2D eigenvalue weighted by Gasteiger charge is 2.33. The lowest BCUT2D eigenvalue weighted by atomic mass is 10.1. The molecule has 0 aliphatic carbocycles. The van der Waals surface area contributed by atoms with Crippen LogP contribution in [0.25, 0.3) is 0 Å². The lowest BCUT2D eigenvalue weighted by Gasteiger charge is -2.25. The van der Waals surface area contributed by atoms with E-state index in [1.807, 2.05) is 73.7 Å². The number of hydrogen-bond acceptors (Lipinski definition) is 7. The predicted molar refractivity (Wildman–Crippen MR) is 103 cm³/mol. The number of rotatable bonds is 4. The topological polar surface area (TPSA) is 91.5 Å². The summed E-state index contributed by atoms with van der Waals surface area (Å²) in [6, 6.07) is 21.4. The van der Waals surface area contributed by atoms with Crippen molar-refractivity contribution in [1.82, 2.24) is 15.4 Å². The molecule has 0 fully saturated rings. The molecule has 1 atom stereocenters. The van der Waals surface area contributed by atoms with Crippen molar-refractivity contribution in [1.29, 1.82) is 0 Å². The quantitative estimate of drug-likeness (QED) is 0.673. The third-order valence-electron chi connectivity index (χ3n) is 4.00. The number of benzene rings is 2. The monoisotopic (exact) mass is 345 g/mol. The van der Waals surface area contributed by atoms with Gasteiger partial charge in [-0.3, -0.25) is 5.73 Å². The Morgan fingerprint density at radius 2 is 1.69 bits per heavy atom. The van der Waals surface area contributed by atoms with Crippen LogP contribution >= 0.6 is 0 Å². The summed E-state index contributed by atoms with van der Waals surface area (Å²) in [7, 11) is 0. The van der Waals surface area contributed by atoms with E-state index in [0.717, 1.165) is 11.3 Å². The van der Waals surface area contributed by atoms with E-state index in [9.17, 15) is 0 Å². The van der Waals surface area contributed by atoms with Crippen molar-refractivity contribution >= 4 is 23.7 Å². The molecule has 2 aromatic carbocycles. The Labute approximate surface area is 151 Å². The number of hydrogen-bond donors (Lipinski definition) is 3. The van der Waals surface area contributed by atoms with Gasteiger partial charge in [-0.2, -0.15) is 5.43 Å². The maximum atomic E-state index is 6.40. The smallest absolute Gasteiger partial charge is 0.207 e. The van der Waals surface area contributed by atoms with Gasteiger partial charge in [0.15, 0.2) is 5.82 Å². The summed E-state index contributed by atoms with van der Waals surface area (Å²) in [5.74, 6) is 0.976. The van der Waals surface area contributed by atoms with Crippen molar-refractivity contribution in [3.05, 3.63) is 78.1 Å². The zero-order valence-electron chi connectivity index (χ0n) is 14.3. The van der Waals surface area contributed by atoms with Gasteiger partial charge in [0.25, 0.3) is 0 Å². The van der Waals surface area contributed by atoms with Gasteiger partial charge in [-0.15, -0.1) is 0 Å². The lowest BCUT2D eigenvalue weighted by molar-refractivity contribution is 0.397. The number of nitrogens with zero attached hydrogens (tertiary/aromatic N) is 4. The number of nitrogens with one attached hydrogen (secondary N) is 2. The van der Waals surface area contributed by atoms with E-state index in [0.29, 0.717) is 17.5 Å². The van der Waals surface area contributed by atoms with Crippen molar-refractivity contribution in [2.45, 2.75) is 12.7 Å². The standard InChI is InChI=1S/C19H19N7/c1-14-22-17(24-16-10-6-3-7-11-16)12-18(23-14)26-13-21-19(20,25-26)15-8-4-2-5-9-15/h2-13,25H,20H2,1H3,(H,22,23,24). The van der Waals surface area contributed by atoms with Gasteiger partial charge in [0.05, 0.1) is 0 Å². The highest BCUT2D eigenvalue weighted by atomic mass is 15.6. The van der Waals surface area contributed by atoms with Crippen LogP contribution in [-0.2, 0) is 5.79 Å². The van der Waals surface area contributed by atoms with Crippen molar-refractivity contribution in [3.63, 3.8) is 0 Å². The van der Waals surface area contributed by atoms with Crippen LogP contribution in [0.3, 0.4) is 0 Å². The van der Waals surface area contributed by atoms with Crippen molar-refractivity contribution < 1.29 is 0 Å². The second-order valence-corrected chi connectivity index (χ2v) is 6.01. The van der Waals surface area contributed by atoms with Gasteiger partial charge in [-0.25, -0.2) is 20.0 Å². The molecule has 0 radical (unpaired) electrons. The zero-order chi connectivity index (χ0) is 18.0. The van der Waals surface area contributed by atoms with Crippen LogP contribution in [0.2, 0.25) is 0 Å². The molecule has 0 amide bonds. The molecule has 3 aromatic rings. The average Bonchev–Trinajstić information content (AvgIpc) is 3.07. The van der Waals surface area contributed by atoms with Crippen molar-refractivity contribution in [2.24, 2.45) is 10.7 Å². The Morgan fingerprint density at radius 3 is 2.42 bits per heavy atom. The number of aliphatic imine (C=N–C) groups is 1. The van der Waals surface area contributed by atoms with Crippen LogP contribution in [0.4, 0.5) is 17.3 Å². The summed E-state index contributed by atoms with van der Waals surface area (Å²) in [5.41, 5.74) is 11.4. The van der Waals surface area contributed by atoms with Gasteiger partial charge in [0, 0.05) is 17.3 Å². The first-order chi connectivity index (χ1) is 12.6. The Hall–Kier alpha value is -3.29. The van der Waals surface area contributed by atoms with Crippen LogP contribution in [-0.4, -0.2) is 16.3 Å². The minimum atomic E-state index is -1.02. The highest BCUT2D eigenvalue weighted by Crippen LogP contribution is 2.25. The van der Waals surface area contributed by atoms with Gasteiger partial charge in [-0.05, 0) is 19.1 Å². The number of para-hydroxylation sites is 1. The van der Waals surface area contributed by atoms with E-state index < -0.39 is 5.79 Å². The molecule has 0 saturated heterocycles. The first kappa shape index (κ1) is 16.2. The number of anilines is 3. The normalized spacial score (nSPS) is 18.9. The van der Waals surface area contributed by atoms with E-state index in [1.54, 1.807) is 11.3 Å². The van der Waals surface area contributed by atoms with Crippen LogP contribution in [0.1, 0.15) is 11.4 Å². The molecule has 4 N–H and O–H groups in total. The van der Waals surface area contributed by atoms with Crippen LogP contribution < -0.4 is 21.5 Å². The molecule has 0 spiro atoms. The number of aryl methyl sites for hydroxylation is 1. The van der Waals surface area contributed by atoms with Gasteiger partial charge in [0.2, 0.25) is 5.79 Å². The lowest BCUT2D eigenvalue weighted by Crippen LogP contribution is -2.51. The molecule has 1 aliphatic heterocycles. The number of hydrazine groups is 1. The van der Waals surface area contributed by atoms with Crippen LogP contribution in [0.15, 0.2) is 71.7 Å². The minimum Gasteiger partial charge on any atom is -0.340 e. The largest absolute Gasteiger partial charge is 0.340 e. The summed E-state index contributed by atoms with van der Waals surface area (Å²) in [5, 5.41) is 4.99. The molecular weight excluding hydrogens is 326 g/mol. The Balaban J connectivity index is 1.58. The number of nitrogens with two attached hydrogens (primary N) is 1. The summed E-state index contributed by atoms with van der Waals surface area (Å²) in [6.45, 7) is 1.85. The van der Waals surface area contributed by atoms with Crippen molar-refractivity contribution in [2.75, 3.05) is 10.3 Å². The molecule has 7 nitrogen and oxygen atoms in total. The number of aromatic nitrogens is 2. The van der Waals surface area contributed by atoms with Gasteiger partial charge < -0.3 is 5.32 Å². The molecule has 0 saturated carbocycles. The minimum absolute atomic E-state index is 0.644. The molecule has 2 heterocycles. The summed E-state index contributed by atoms with van der Waals surface area (Å²) in [6.07, 6.45) is 1.64. The third kappa shape index (κ3) is 3.26. The summed E-state index contributed by atoms with van der Waals surface area (Å²) in [4.78, 5) is 13.4. The Kier molecular flexibility index (Phi) is 4.08. The fourth-order valence-electron chi connectivity index (χ4n) is 2.75. The third-order valence-corrected chi connectivity index (χ3v) is 4.00. The molecular formula is C19H19N7. The van der Waals surface area contributed by atoms with Crippen LogP contribution in [0.5, 0.6) is 0 Å². The molecule has 130 valence electrons. The predicted octanol–water partition coefficient (Wildman–Crippen LogP) is 2.65. The van der Waals surface area contributed by atoms with Gasteiger partial charge in [-0.1, -0.05) is 48.5 Å². The van der Waals surface area contributed by atoms with E-state index >= 15 is 0 Å². The average molecular weight is 345 g/mol. The van der Waals surface area contributed by atoms with Gasteiger partial charge >= 0.3 is 0 Å². The second-order valence-electron chi connectivity index (χ2n) is 6.01. The van der Waals surface area contributed by atoms with E-state index in [2.05, 4.69) is 25.7 Å². The van der Waals surface area contributed by atoms with Crippen molar-refractivity contribution in [3.8, 4) is 0 Å². The molecule has 1 unspecified atom stereocenters. The summed E-state index contributed by atoms with van der Waals surface area (Å²) >= 11 is 0. The highest BCUT2D eigenvalue weighted by molar-refractivity contribution is 5.80. The van der Waals surface area contributed by atoms with E-state index in [4.69, 9.17) is 5.73 Å². The summed E-state index contributed by atoms with van der Waals surface area (Å²) < 4.78 is 0. The first-order valence-corrected chi connectivity index (χ1v) is 8.27. The Morgan fingerprint density at radius 1 is 1.00 bits per heavy atom. The van der Waals surface area contributed by atoms with Crippen LogP contribution in [0, 0.1) is 6.92 Å². The molecule has 0 bridgehead atoms. The SMILES string of the molecule is Cc1nc(Nc2ccccc2)cc(N2C=NC(N)(c3ccccc3)N2)n1. The maximum Gasteiger partial charge on any atom is 0.207 e. The Bertz CT molecular complexity index is 927. The zero-order valence-corrected chi connectivity index (χ0v) is 14.3. The fraction of sp³-hybridized carbons (Fsp3) is 0.105. The first-order valence-electron chi connectivity index (χ1n) is 8.27. The molecule has 4 rings (SSSR count). The molecule has 1 aromatic heterocycles. The van der Waals surface area contributed by atoms with Gasteiger partial charge in [0.1, 0.15) is 18.0 Å². The van der Waals surface area contributed by atoms with E-state index in [1.165, 1.54) is 0 Å². The maximum absolute atomic E-state index is 6.40. The fourth-order valence-corrected chi connectivity index (χ4v) is 2.75. The van der Waals surface area contributed by atoms with E-state index in [-0.39, 0.29) is 0 Å². The molecule has 7 heteroatoms.